The minimum Gasteiger partial charge on any atom is -0.303 e. The molecule has 0 radical (unpaired) electrons. The molecule has 3 saturated carbocycles. The summed E-state index contributed by atoms with van der Waals surface area (Å²) in [6, 6.07) is 0. The minimum absolute atomic E-state index is 0.0648. The normalized spacial score (nSPS) is 42.5. The second-order valence-corrected chi connectivity index (χ2v) is 3.76. The van der Waals surface area contributed by atoms with E-state index >= 15 is 0 Å². The van der Waals surface area contributed by atoms with E-state index < -0.39 is 0 Å². The Morgan fingerprint density at radius 3 is 2.64 bits per heavy atom. The molecule has 3 fully saturated rings. The molecule has 11 heavy (non-hydrogen) atoms. The molecular formula is C9H12O2. The number of ketones is 1. The minimum atomic E-state index is 0.0648. The highest BCUT2D eigenvalue weighted by Gasteiger charge is 2.40. The van der Waals surface area contributed by atoms with Crippen molar-refractivity contribution in [3.63, 3.8) is 0 Å². The number of hydrogen-bond acceptors (Lipinski definition) is 2. The Kier molecular flexibility index (Phi) is 1.55. The van der Waals surface area contributed by atoms with Crippen LogP contribution in [0, 0.1) is 17.8 Å². The Hall–Kier alpha value is -0.660. The summed E-state index contributed by atoms with van der Waals surface area (Å²) in [7, 11) is 0. The van der Waals surface area contributed by atoms with Crippen molar-refractivity contribution in [2.75, 3.05) is 0 Å². The van der Waals surface area contributed by atoms with Gasteiger partial charge in [0.25, 0.3) is 0 Å². The molecule has 60 valence electrons. The average molecular weight is 152 g/mol. The second-order valence-electron chi connectivity index (χ2n) is 3.76. The lowest BCUT2D eigenvalue weighted by molar-refractivity contribution is -0.136. The fourth-order valence-electron chi connectivity index (χ4n) is 2.47. The summed E-state index contributed by atoms with van der Waals surface area (Å²) in [5.74, 6) is 1.03. The van der Waals surface area contributed by atoms with Crippen LogP contribution >= 0.6 is 0 Å². The maximum absolute atomic E-state index is 11.3. The number of carbonyl (C=O) groups is 2. The van der Waals surface area contributed by atoms with Crippen LogP contribution in [-0.2, 0) is 9.59 Å². The third kappa shape index (κ3) is 1.01. The predicted molar refractivity (Wildman–Crippen MR) is 40.0 cm³/mol. The van der Waals surface area contributed by atoms with Gasteiger partial charge in [0.2, 0.25) is 0 Å². The first kappa shape index (κ1) is 7.01. The van der Waals surface area contributed by atoms with Crippen LogP contribution in [0.1, 0.15) is 25.7 Å². The molecule has 2 bridgehead atoms. The number of carbonyl (C=O) groups excluding carboxylic acids is 2. The predicted octanol–water partition coefficient (Wildman–Crippen LogP) is 1.19. The van der Waals surface area contributed by atoms with Crippen LogP contribution in [0.3, 0.4) is 0 Å². The van der Waals surface area contributed by atoms with E-state index in [9.17, 15) is 9.59 Å². The third-order valence-electron chi connectivity index (χ3n) is 3.09. The fourth-order valence-corrected chi connectivity index (χ4v) is 2.47. The highest BCUT2D eigenvalue weighted by Crippen LogP contribution is 2.41. The van der Waals surface area contributed by atoms with Gasteiger partial charge in [-0.2, -0.15) is 0 Å². The van der Waals surface area contributed by atoms with Crippen molar-refractivity contribution >= 4 is 12.1 Å². The molecule has 3 atom stereocenters. The molecule has 0 amide bonds. The van der Waals surface area contributed by atoms with E-state index in [2.05, 4.69) is 0 Å². The van der Waals surface area contributed by atoms with Gasteiger partial charge in [-0.3, -0.25) is 4.79 Å². The first-order valence-electron chi connectivity index (χ1n) is 4.29. The summed E-state index contributed by atoms with van der Waals surface area (Å²) >= 11 is 0. The van der Waals surface area contributed by atoms with Crippen molar-refractivity contribution in [2.45, 2.75) is 25.7 Å². The number of fused-ring (bicyclic) bond motifs is 3. The Morgan fingerprint density at radius 2 is 2.18 bits per heavy atom. The van der Waals surface area contributed by atoms with Crippen molar-refractivity contribution in [1.29, 1.82) is 0 Å². The lowest BCUT2D eigenvalue weighted by Crippen LogP contribution is -2.39. The van der Waals surface area contributed by atoms with Gasteiger partial charge in [0.05, 0.1) is 0 Å². The monoisotopic (exact) mass is 152 g/mol. The first-order chi connectivity index (χ1) is 5.31. The van der Waals surface area contributed by atoms with Gasteiger partial charge in [-0.25, -0.2) is 0 Å². The largest absolute Gasteiger partial charge is 0.303 e. The van der Waals surface area contributed by atoms with Crippen molar-refractivity contribution in [1.82, 2.24) is 0 Å². The zero-order valence-corrected chi connectivity index (χ0v) is 6.45. The Balaban J connectivity index is 2.19. The van der Waals surface area contributed by atoms with Crippen LogP contribution in [0.25, 0.3) is 0 Å². The van der Waals surface area contributed by atoms with E-state index in [1.807, 2.05) is 0 Å². The Morgan fingerprint density at radius 1 is 1.36 bits per heavy atom. The summed E-state index contributed by atoms with van der Waals surface area (Å²) < 4.78 is 0. The average Bonchev–Trinajstić information content (AvgIpc) is 2.04. The zero-order chi connectivity index (χ0) is 7.84. The summed E-state index contributed by atoms with van der Waals surface area (Å²) in [5, 5.41) is 0. The summed E-state index contributed by atoms with van der Waals surface area (Å²) in [5.41, 5.74) is 0. The topological polar surface area (TPSA) is 34.1 Å². The molecule has 2 nitrogen and oxygen atoms in total. The molecule has 0 aromatic heterocycles. The van der Waals surface area contributed by atoms with E-state index in [-0.39, 0.29) is 11.8 Å². The molecule has 0 N–H and O–H groups in total. The molecular weight excluding hydrogens is 140 g/mol. The highest BCUT2D eigenvalue weighted by molar-refractivity contribution is 5.86. The van der Waals surface area contributed by atoms with E-state index in [0.717, 1.165) is 25.5 Å². The molecule has 0 aromatic carbocycles. The lowest BCUT2D eigenvalue weighted by Gasteiger charge is -2.38. The van der Waals surface area contributed by atoms with Gasteiger partial charge < -0.3 is 4.79 Å². The van der Waals surface area contributed by atoms with Crippen LogP contribution in [0.5, 0.6) is 0 Å². The number of rotatable bonds is 1. The summed E-state index contributed by atoms with van der Waals surface area (Å²) in [4.78, 5) is 21.8. The van der Waals surface area contributed by atoms with Gasteiger partial charge in [-0.15, -0.1) is 0 Å². The quantitative estimate of drug-likeness (QED) is 0.529. The Bertz CT molecular complexity index is 198. The molecule has 0 aromatic rings. The summed E-state index contributed by atoms with van der Waals surface area (Å²) in [6.45, 7) is 0. The molecule has 0 aliphatic heterocycles. The molecule has 3 aliphatic rings. The molecule has 0 heterocycles. The van der Waals surface area contributed by atoms with Crippen molar-refractivity contribution in [3.05, 3.63) is 0 Å². The van der Waals surface area contributed by atoms with Gasteiger partial charge in [0.1, 0.15) is 12.1 Å². The molecule has 2 heteroatoms. The molecule has 3 aliphatic carbocycles. The maximum atomic E-state index is 11.3. The highest BCUT2D eigenvalue weighted by atomic mass is 16.1. The number of hydrogen-bond donors (Lipinski definition) is 0. The lowest BCUT2D eigenvalue weighted by atomic mass is 9.64. The van der Waals surface area contributed by atoms with Gasteiger partial charge in [0, 0.05) is 18.3 Å². The molecule has 0 spiro atoms. The van der Waals surface area contributed by atoms with Crippen LogP contribution in [0.4, 0.5) is 0 Å². The standard InChI is InChI=1S/C9H12O2/c10-5-7-3-6-1-2-8(7)9(11)4-6/h5-8H,1-4H2/t6-,7?,8+/m0/s1. The van der Waals surface area contributed by atoms with E-state index in [4.69, 9.17) is 0 Å². The Labute approximate surface area is 66.0 Å². The van der Waals surface area contributed by atoms with Gasteiger partial charge in [0.15, 0.2) is 0 Å². The number of aldehydes is 1. The zero-order valence-electron chi connectivity index (χ0n) is 6.45. The molecule has 0 saturated heterocycles. The fraction of sp³-hybridized carbons (Fsp3) is 0.778. The van der Waals surface area contributed by atoms with E-state index in [1.165, 1.54) is 6.42 Å². The molecule has 1 unspecified atom stereocenters. The van der Waals surface area contributed by atoms with Crippen molar-refractivity contribution in [2.24, 2.45) is 17.8 Å². The number of Topliss-reactive ketones (excluding diaryl/α,β-unsaturated/α-hetero) is 1. The third-order valence-corrected chi connectivity index (χ3v) is 3.09. The molecule has 3 rings (SSSR count). The van der Waals surface area contributed by atoms with Crippen LogP contribution in [0.15, 0.2) is 0 Å². The first-order valence-corrected chi connectivity index (χ1v) is 4.29. The maximum Gasteiger partial charge on any atom is 0.136 e. The van der Waals surface area contributed by atoms with E-state index in [0.29, 0.717) is 11.7 Å². The van der Waals surface area contributed by atoms with Gasteiger partial charge >= 0.3 is 0 Å². The van der Waals surface area contributed by atoms with Crippen LogP contribution < -0.4 is 0 Å². The van der Waals surface area contributed by atoms with Crippen LogP contribution in [0.2, 0.25) is 0 Å². The van der Waals surface area contributed by atoms with Crippen LogP contribution in [-0.4, -0.2) is 12.1 Å². The van der Waals surface area contributed by atoms with Gasteiger partial charge in [-0.05, 0) is 25.2 Å². The summed E-state index contributed by atoms with van der Waals surface area (Å²) in [6.07, 6.45) is 4.83. The van der Waals surface area contributed by atoms with Crippen molar-refractivity contribution < 1.29 is 9.59 Å². The van der Waals surface area contributed by atoms with Crippen molar-refractivity contribution in [3.8, 4) is 0 Å². The second kappa shape index (κ2) is 2.43. The SMILES string of the molecule is O=CC1C[C@@H]2CC[C@H]1C(=O)C2. The smallest absolute Gasteiger partial charge is 0.136 e. The van der Waals surface area contributed by atoms with E-state index in [1.54, 1.807) is 0 Å². The van der Waals surface area contributed by atoms with Gasteiger partial charge in [-0.1, -0.05) is 0 Å².